The molecule has 3 amide bonds. The van der Waals surface area contributed by atoms with Crippen LogP contribution in [0.5, 0.6) is 0 Å². The number of rotatable bonds is 13. The number of aliphatic hydroxyl groups excluding tert-OH is 1. The lowest BCUT2D eigenvalue weighted by Gasteiger charge is -2.42. The maximum Gasteiger partial charge on any atom is 0.313 e. The number of halogens is 1. The van der Waals surface area contributed by atoms with Gasteiger partial charge in [0.25, 0.3) is 0 Å². The van der Waals surface area contributed by atoms with E-state index in [1.165, 1.54) is 4.90 Å². The van der Waals surface area contributed by atoms with Crippen molar-refractivity contribution in [3.05, 3.63) is 61.2 Å². The number of fused-ring (bicyclic) bond motifs is 1. The molecule has 1 spiro atoms. The molecule has 3 aliphatic heterocycles. The van der Waals surface area contributed by atoms with Crippen molar-refractivity contribution in [1.29, 1.82) is 0 Å². The first-order chi connectivity index (χ1) is 20.4. The molecule has 7 atom stereocenters. The third-order valence-corrected chi connectivity index (χ3v) is 9.36. The summed E-state index contributed by atoms with van der Waals surface area (Å²) >= 11 is 3.66. The number of amides is 3. The summed E-state index contributed by atoms with van der Waals surface area (Å²) in [7, 11) is 0. The fourth-order valence-electron chi connectivity index (χ4n) is 6.64. The minimum Gasteiger partial charge on any atom is -0.455 e. The predicted molar refractivity (Wildman–Crippen MR) is 164 cm³/mol. The van der Waals surface area contributed by atoms with Crippen LogP contribution in [0, 0.1) is 11.8 Å². The topological polar surface area (TPSA) is 125 Å². The molecule has 234 valence electrons. The molecule has 0 aromatic heterocycles. The van der Waals surface area contributed by atoms with Crippen LogP contribution >= 0.6 is 15.9 Å². The highest BCUT2D eigenvalue weighted by atomic mass is 79.9. The number of hydrogen-bond acceptors (Lipinski definition) is 7. The largest absolute Gasteiger partial charge is 0.455 e. The van der Waals surface area contributed by atoms with E-state index in [9.17, 15) is 24.3 Å². The molecule has 3 fully saturated rings. The van der Waals surface area contributed by atoms with Gasteiger partial charge in [0.15, 0.2) is 0 Å². The minimum atomic E-state index is -1.28. The quantitative estimate of drug-likeness (QED) is 0.190. The Kier molecular flexibility index (Phi) is 10.2. The maximum absolute atomic E-state index is 14.3. The Morgan fingerprint density at radius 1 is 1.26 bits per heavy atom. The normalized spacial score (nSPS) is 28.3. The molecule has 1 unspecified atom stereocenters. The number of aliphatic hydroxyl groups is 1. The molecule has 0 radical (unpaired) electrons. The van der Waals surface area contributed by atoms with Gasteiger partial charge in [0.2, 0.25) is 17.7 Å². The van der Waals surface area contributed by atoms with Crippen LogP contribution in [0.4, 0.5) is 0 Å². The van der Waals surface area contributed by atoms with Crippen molar-refractivity contribution < 1.29 is 33.8 Å². The maximum atomic E-state index is 14.3. The third kappa shape index (κ3) is 6.30. The molecule has 3 saturated heterocycles. The van der Waals surface area contributed by atoms with Crippen molar-refractivity contribution in [3.8, 4) is 0 Å². The van der Waals surface area contributed by atoms with Gasteiger partial charge in [-0.05, 0) is 39.2 Å². The van der Waals surface area contributed by atoms with Crippen LogP contribution in [0.15, 0.2) is 55.6 Å². The van der Waals surface area contributed by atoms with E-state index < -0.39 is 53.1 Å². The molecule has 3 aliphatic rings. The molecule has 43 heavy (non-hydrogen) atoms. The average molecular weight is 661 g/mol. The van der Waals surface area contributed by atoms with Crippen molar-refractivity contribution in [1.82, 2.24) is 15.1 Å². The number of benzene rings is 1. The summed E-state index contributed by atoms with van der Waals surface area (Å²) in [5.41, 5.74) is -1.18. The number of ether oxygens (including phenoxy) is 2. The lowest BCUT2D eigenvalue weighted by molar-refractivity contribution is -0.160. The second kappa shape index (κ2) is 13.3. The highest BCUT2D eigenvalue weighted by molar-refractivity contribution is 9.09. The van der Waals surface area contributed by atoms with Gasteiger partial charge in [-0.3, -0.25) is 19.2 Å². The Hall–Kier alpha value is -3.02. The number of nitrogens with one attached hydrogen (secondary N) is 1. The van der Waals surface area contributed by atoms with Crippen molar-refractivity contribution in [2.75, 3.05) is 26.2 Å². The van der Waals surface area contributed by atoms with E-state index in [2.05, 4.69) is 34.4 Å². The molecule has 11 heteroatoms. The summed E-state index contributed by atoms with van der Waals surface area (Å²) in [6, 6.07) is 8.04. The van der Waals surface area contributed by atoms with E-state index in [1.807, 2.05) is 39.0 Å². The van der Waals surface area contributed by atoms with Crippen LogP contribution in [0.25, 0.3) is 0 Å². The van der Waals surface area contributed by atoms with Crippen LogP contribution in [0.1, 0.15) is 51.7 Å². The SMILES string of the molecule is C=CCCC(=O)NC[C@H](OC(=O)[C@H]1[C@@H]2O[C@@]3(CC2Br)[C@@H]1C(=O)N(CCO)[C@@H]3C(=O)N(CC=C)C(C)(C)C)c1ccccc1. The number of carbonyl (C=O) groups excluding carboxylic acids is 4. The van der Waals surface area contributed by atoms with Crippen molar-refractivity contribution in [2.24, 2.45) is 11.8 Å². The third-order valence-electron chi connectivity index (χ3n) is 8.51. The number of β-amino-alcohol motifs (C(OH)–C–C–N with tert-alkyl or cyclic N) is 1. The average Bonchev–Trinajstić information content (AvgIpc) is 3.55. The van der Waals surface area contributed by atoms with E-state index in [0.29, 0.717) is 18.4 Å². The fourth-order valence-corrected chi connectivity index (χ4v) is 7.58. The molecule has 1 aromatic carbocycles. The Morgan fingerprint density at radius 2 is 1.95 bits per heavy atom. The number of alkyl halides is 1. The molecular weight excluding hydrogens is 618 g/mol. The van der Waals surface area contributed by atoms with E-state index in [-0.39, 0.29) is 49.3 Å². The van der Waals surface area contributed by atoms with Gasteiger partial charge in [-0.1, -0.05) is 58.4 Å². The molecular formula is C32H42BrN3O7. The van der Waals surface area contributed by atoms with Crippen molar-refractivity contribution >= 4 is 39.6 Å². The van der Waals surface area contributed by atoms with Crippen LogP contribution in [-0.2, 0) is 28.7 Å². The first kappa shape index (κ1) is 32.9. The number of likely N-dealkylation sites (tertiary alicyclic amines) is 1. The summed E-state index contributed by atoms with van der Waals surface area (Å²) in [5, 5.41) is 12.7. The molecule has 10 nitrogen and oxygen atoms in total. The Labute approximate surface area is 261 Å². The van der Waals surface area contributed by atoms with Gasteiger partial charge >= 0.3 is 5.97 Å². The van der Waals surface area contributed by atoms with E-state index >= 15 is 0 Å². The van der Waals surface area contributed by atoms with Gasteiger partial charge in [-0.2, -0.15) is 0 Å². The van der Waals surface area contributed by atoms with Gasteiger partial charge in [0.1, 0.15) is 17.7 Å². The highest BCUT2D eigenvalue weighted by Gasteiger charge is 2.77. The lowest BCUT2D eigenvalue weighted by atomic mass is 9.70. The molecule has 0 saturated carbocycles. The zero-order valence-electron chi connectivity index (χ0n) is 25.0. The molecule has 3 heterocycles. The van der Waals surface area contributed by atoms with Gasteiger partial charge in [-0.25, -0.2) is 0 Å². The number of hydrogen-bond donors (Lipinski definition) is 2. The monoisotopic (exact) mass is 659 g/mol. The van der Waals surface area contributed by atoms with Gasteiger partial charge < -0.3 is 29.7 Å². The summed E-state index contributed by atoms with van der Waals surface area (Å²) in [6.07, 6.45) is 2.89. The summed E-state index contributed by atoms with van der Waals surface area (Å²) in [5.74, 6) is -3.54. The second-order valence-corrected chi connectivity index (χ2v) is 13.5. The highest BCUT2D eigenvalue weighted by Crippen LogP contribution is 2.60. The Balaban J connectivity index is 1.66. The zero-order chi connectivity index (χ0) is 31.5. The first-order valence-corrected chi connectivity index (χ1v) is 15.6. The summed E-state index contributed by atoms with van der Waals surface area (Å²) in [4.78, 5) is 57.4. The smallest absolute Gasteiger partial charge is 0.313 e. The Bertz CT molecular complexity index is 1240. The number of carbonyl (C=O) groups is 4. The van der Waals surface area contributed by atoms with Crippen LogP contribution in [0.3, 0.4) is 0 Å². The second-order valence-electron chi connectivity index (χ2n) is 12.3. The molecule has 1 aromatic rings. The van der Waals surface area contributed by atoms with E-state index in [4.69, 9.17) is 9.47 Å². The number of nitrogens with zero attached hydrogens (tertiary/aromatic N) is 2. The molecule has 2 bridgehead atoms. The number of esters is 1. The van der Waals surface area contributed by atoms with E-state index in [1.54, 1.807) is 29.2 Å². The molecule has 2 N–H and O–H groups in total. The van der Waals surface area contributed by atoms with Crippen molar-refractivity contribution in [2.45, 2.75) is 74.3 Å². The van der Waals surface area contributed by atoms with Gasteiger partial charge in [-0.15, -0.1) is 13.2 Å². The van der Waals surface area contributed by atoms with Gasteiger partial charge in [0, 0.05) is 29.9 Å². The first-order valence-electron chi connectivity index (χ1n) is 14.7. The summed E-state index contributed by atoms with van der Waals surface area (Å²) in [6.45, 7) is 13.0. The fraction of sp³-hybridized carbons (Fsp3) is 0.562. The lowest BCUT2D eigenvalue weighted by Crippen LogP contribution is -2.60. The summed E-state index contributed by atoms with van der Waals surface area (Å²) < 4.78 is 12.6. The predicted octanol–water partition coefficient (Wildman–Crippen LogP) is 2.91. The van der Waals surface area contributed by atoms with Crippen LogP contribution in [-0.4, -0.2) is 93.0 Å². The van der Waals surface area contributed by atoms with E-state index in [0.717, 1.165) is 0 Å². The Morgan fingerprint density at radius 3 is 2.56 bits per heavy atom. The zero-order valence-corrected chi connectivity index (χ0v) is 26.6. The van der Waals surface area contributed by atoms with Crippen LogP contribution < -0.4 is 5.32 Å². The minimum absolute atomic E-state index is 0.0469. The molecule has 0 aliphatic carbocycles. The molecule has 4 rings (SSSR count). The van der Waals surface area contributed by atoms with Gasteiger partial charge in [0.05, 0.1) is 31.1 Å². The van der Waals surface area contributed by atoms with Crippen LogP contribution in [0.2, 0.25) is 0 Å². The van der Waals surface area contributed by atoms with Crippen molar-refractivity contribution in [3.63, 3.8) is 0 Å². The number of allylic oxidation sites excluding steroid dienone is 1. The standard InChI is InChI=1S/C32H42BrN3O7/c1-6-8-14-23(38)34-19-22(20-12-10-9-11-13-20)42-30(41)24-25-28(39)35(16-17-37)27(32(25)18-21(33)26(24)43-32)29(40)36(15-7-2)31(3,4)5/h6-7,9-13,21-22,24-27,37H,1-2,8,14-19H2,3-5H3,(H,34,38)/t21?,22-,24+,25-,26+,27+,32-/m0/s1.